The monoisotopic (exact) mass is 191 g/mol. The number of furan rings is 1. The normalized spacial score (nSPS) is 13.0. The van der Waals surface area contributed by atoms with E-state index in [9.17, 15) is 0 Å². The molecule has 0 radical (unpaired) electrons. The molecule has 0 spiro atoms. The fourth-order valence-electron chi connectivity index (χ4n) is 1.50. The number of rotatable bonds is 3. The number of aryl methyl sites for hydroxylation is 1. The molecule has 0 saturated heterocycles. The summed E-state index contributed by atoms with van der Waals surface area (Å²) >= 11 is 0. The van der Waals surface area contributed by atoms with Crippen LogP contribution in [0.25, 0.3) is 0 Å². The molecule has 2 heterocycles. The van der Waals surface area contributed by atoms with E-state index >= 15 is 0 Å². The van der Waals surface area contributed by atoms with Crippen molar-refractivity contribution in [3.8, 4) is 0 Å². The summed E-state index contributed by atoms with van der Waals surface area (Å²) in [6.45, 7) is 0. The summed E-state index contributed by atoms with van der Waals surface area (Å²) in [4.78, 5) is 0. The molecule has 4 nitrogen and oxygen atoms in total. The lowest BCUT2D eigenvalue weighted by Gasteiger charge is -2.09. The van der Waals surface area contributed by atoms with Crippen LogP contribution < -0.4 is 5.73 Å². The van der Waals surface area contributed by atoms with Crippen molar-refractivity contribution in [1.82, 2.24) is 9.78 Å². The van der Waals surface area contributed by atoms with Gasteiger partial charge in [-0.1, -0.05) is 0 Å². The van der Waals surface area contributed by atoms with Gasteiger partial charge in [0.05, 0.1) is 18.0 Å². The Hall–Kier alpha value is -1.55. The number of nitrogens with zero attached hydrogens (tertiary/aromatic N) is 2. The van der Waals surface area contributed by atoms with Gasteiger partial charge in [-0.2, -0.15) is 5.10 Å². The summed E-state index contributed by atoms with van der Waals surface area (Å²) < 4.78 is 7.02. The molecular weight excluding hydrogens is 178 g/mol. The largest absolute Gasteiger partial charge is 0.469 e. The molecule has 2 rings (SSSR count). The minimum atomic E-state index is -0.0614. The molecule has 0 aromatic carbocycles. The van der Waals surface area contributed by atoms with Gasteiger partial charge in [0.1, 0.15) is 5.76 Å². The van der Waals surface area contributed by atoms with Crippen molar-refractivity contribution in [3.63, 3.8) is 0 Å². The van der Waals surface area contributed by atoms with E-state index in [4.69, 9.17) is 10.2 Å². The Bertz CT molecular complexity index is 391. The van der Waals surface area contributed by atoms with Gasteiger partial charge in [-0.25, -0.2) is 0 Å². The summed E-state index contributed by atoms with van der Waals surface area (Å²) in [5.41, 5.74) is 7.03. The van der Waals surface area contributed by atoms with Crippen LogP contribution in [-0.2, 0) is 13.5 Å². The first kappa shape index (κ1) is 9.02. The lowest BCUT2D eigenvalue weighted by molar-refractivity contribution is 0.480. The quantitative estimate of drug-likeness (QED) is 0.794. The molecule has 2 aromatic rings. The third kappa shape index (κ3) is 1.70. The second-order valence-corrected chi connectivity index (χ2v) is 3.27. The van der Waals surface area contributed by atoms with Crippen LogP contribution in [0.15, 0.2) is 35.1 Å². The summed E-state index contributed by atoms with van der Waals surface area (Å²) in [7, 11) is 1.89. The first-order valence-electron chi connectivity index (χ1n) is 4.53. The van der Waals surface area contributed by atoms with E-state index in [0.29, 0.717) is 6.42 Å². The zero-order valence-corrected chi connectivity index (χ0v) is 8.05. The minimum absolute atomic E-state index is 0.0614. The van der Waals surface area contributed by atoms with E-state index in [0.717, 1.165) is 11.5 Å². The van der Waals surface area contributed by atoms with Gasteiger partial charge >= 0.3 is 0 Å². The van der Waals surface area contributed by atoms with Gasteiger partial charge in [0.15, 0.2) is 0 Å². The van der Waals surface area contributed by atoms with Crippen molar-refractivity contribution in [3.05, 3.63) is 42.1 Å². The Morgan fingerprint density at radius 1 is 1.57 bits per heavy atom. The number of hydrogen-bond donors (Lipinski definition) is 1. The molecule has 0 fully saturated rings. The molecular formula is C10H13N3O. The molecule has 4 heteroatoms. The van der Waals surface area contributed by atoms with Crippen molar-refractivity contribution in [2.24, 2.45) is 12.8 Å². The maximum absolute atomic E-state index is 6.01. The molecule has 0 aliphatic rings. The SMILES string of the molecule is Cn1nccc1C(N)Cc1ccco1. The second kappa shape index (κ2) is 3.67. The highest BCUT2D eigenvalue weighted by Crippen LogP contribution is 2.14. The van der Waals surface area contributed by atoms with Gasteiger partial charge in [-0.05, 0) is 18.2 Å². The maximum Gasteiger partial charge on any atom is 0.105 e. The minimum Gasteiger partial charge on any atom is -0.469 e. The summed E-state index contributed by atoms with van der Waals surface area (Å²) in [6.07, 6.45) is 4.11. The lowest BCUT2D eigenvalue weighted by Crippen LogP contribution is -2.16. The van der Waals surface area contributed by atoms with Gasteiger partial charge in [0, 0.05) is 19.7 Å². The smallest absolute Gasteiger partial charge is 0.105 e. The maximum atomic E-state index is 6.01. The molecule has 2 aromatic heterocycles. The molecule has 2 N–H and O–H groups in total. The molecule has 0 saturated carbocycles. The summed E-state index contributed by atoms with van der Waals surface area (Å²) in [5.74, 6) is 0.902. The third-order valence-corrected chi connectivity index (χ3v) is 2.24. The van der Waals surface area contributed by atoms with E-state index in [1.54, 1.807) is 17.1 Å². The van der Waals surface area contributed by atoms with Crippen molar-refractivity contribution in [1.29, 1.82) is 0 Å². The summed E-state index contributed by atoms with van der Waals surface area (Å²) in [5, 5.41) is 4.07. The van der Waals surface area contributed by atoms with Crippen molar-refractivity contribution >= 4 is 0 Å². The number of aromatic nitrogens is 2. The van der Waals surface area contributed by atoms with Gasteiger partial charge in [-0.3, -0.25) is 4.68 Å². The Morgan fingerprint density at radius 3 is 3.00 bits per heavy atom. The van der Waals surface area contributed by atoms with Gasteiger partial charge in [0.25, 0.3) is 0 Å². The number of hydrogen-bond acceptors (Lipinski definition) is 3. The summed E-state index contributed by atoms with van der Waals surface area (Å²) in [6, 6.07) is 5.66. The van der Waals surface area contributed by atoms with Crippen LogP contribution in [0.1, 0.15) is 17.5 Å². The van der Waals surface area contributed by atoms with Crippen LogP contribution in [0.5, 0.6) is 0 Å². The van der Waals surface area contributed by atoms with Crippen LogP contribution in [0.2, 0.25) is 0 Å². The first-order valence-corrected chi connectivity index (χ1v) is 4.53. The fraction of sp³-hybridized carbons (Fsp3) is 0.300. The third-order valence-electron chi connectivity index (χ3n) is 2.24. The molecule has 1 atom stereocenters. The Balaban J connectivity index is 2.10. The molecule has 0 aliphatic heterocycles. The van der Waals surface area contributed by atoms with Crippen LogP contribution in [0, 0.1) is 0 Å². The zero-order chi connectivity index (χ0) is 9.97. The average Bonchev–Trinajstić information content (AvgIpc) is 2.75. The molecule has 1 unspecified atom stereocenters. The van der Waals surface area contributed by atoms with Crippen molar-refractivity contribution < 1.29 is 4.42 Å². The number of nitrogens with two attached hydrogens (primary N) is 1. The van der Waals surface area contributed by atoms with Crippen LogP contribution >= 0.6 is 0 Å². The lowest BCUT2D eigenvalue weighted by atomic mass is 10.1. The average molecular weight is 191 g/mol. The van der Waals surface area contributed by atoms with Crippen molar-refractivity contribution in [2.75, 3.05) is 0 Å². The van der Waals surface area contributed by atoms with E-state index in [1.165, 1.54) is 0 Å². The molecule has 0 bridgehead atoms. The van der Waals surface area contributed by atoms with Crippen LogP contribution in [-0.4, -0.2) is 9.78 Å². The van der Waals surface area contributed by atoms with E-state index in [-0.39, 0.29) is 6.04 Å². The zero-order valence-electron chi connectivity index (χ0n) is 8.05. The Labute approximate surface area is 82.3 Å². The fourth-order valence-corrected chi connectivity index (χ4v) is 1.50. The predicted molar refractivity (Wildman–Crippen MR) is 52.5 cm³/mol. The molecule has 0 amide bonds. The van der Waals surface area contributed by atoms with Crippen molar-refractivity contribution in [2.45, 2.75) is 12.5 Å². The molecule has 14 heavy (non-hydrogen) atoms. The van der Waals surface area contributed by atoms with Crippen LogP contribution in [0.3, 0.4) is 0 Å². The van der Waals surface area contributed by atoms with Gasteiger partial charge < -0.3 is 10.2 Å². The van der Waals surface area contributed by atoms with Gasteiger partial charge in [0.2, 0.25) is 0 Å². The second-order valence-electron chi connectivity index (χ2n) is 3.27. The standard InChI is InChI=1S/C10H13N3O/c1-13-10(4-5-12-13)9(11)7-8-3-2-6-14-8/h2-6,9H,7,11H2,1H3. The predicted octanol–water partition coefficient (Wildman–Crippen LogP) is 1.26. The highest BCUT2D eigenvalue weighted by atomic mass is 16.3. The van der Waals surface area contributed by atoms with Crippen LogP contribution in [0.4, 0.5) is 0 Å². The van der Waals surface area contributed by atoms with E-state index in [1.807, 2.05) is 25.2 Å². The van der Waals surface area contributed by atoms with E-state index < -0.39 is 0 Å². The molecule has 74 valence electrons. The highest BCUT2D eigenvalue weighted by molar-refractivity contribution is 5.10. The van der Waals surface area contributed by atoms with Gasteiger partial charge in [-0.15, -0.1) is 0 Å². The van der Waals surface area contributed by atoms with E-state index in [2.05, 4.69) is 5.10 Å². The topological polar surface area (TPSA) is 57.0 Å². The Kier molecular flexibility index (Phi) is 2.37. The Morgan fingerprint density at radius 2 is 2.43 bits per heavy atom. The molecule has 0 aliphatic carbocycles. The first-order chi connectivity index (χ1) is 6.77. The highest BCUT2D eigenvalue weighted by Gasteiger charge is 2.11.